The van der Waals surface area contributed by atoms with Crippen LogP contribution in [0.15, 0.2) is 39.3 Å². The van der Waals surface area contributed by atoms with E-state index in [-0.39, 0.29) is 29.4 Å². The van der Waals surface area contributed by atoms with Gasteiger partial charge in [-0.15, -0.1) is 0 Å². The lowest BCUT2D eigenvalue weighted by atomic mass is 9.43. The van der Waals surface area contributed by atoms with Gasteiger partial charge in [-0.3, -0.25) is 0 Å². The van der Waals surface area contributed by atoms with Crippen molar-refractivity contribution in [1.29, 1.82) is 0 Å². The van der Waals surface area contributed by atoms with Gasteiger partial charge in [0.25, 0.3) is 0 Å². The van der Waals surface area contributed by atoms with Crippen molar-refractivity contribution < 1.29 is 27.5 Å². The van der Waals surface area contributed by atoms with Crippen LogP contribution in [-0.2, 0) is 30.4 Å². The molecule has 41 heavy (non-hydrogen) atoms. The normalized spacial score (nSPS) is 32.8. The molecule has 1 unspecified atom stereocenters. The van der Waals surface area contributed by atoms with Crippen molar-refractivity contribution in [3.8, 4) is 0 Å². The predicted octanol–water partition coefficient (Wildman–Crippen LogP) is 5.22. The summed E-state index contributed by atoms with van der Waals surface area (Å²) in [6.45, 7) is 11.5. The van der Waals surface area contributed by atoms with Crippen molar-refractivity contribution in [3.63, 3.8) is 0 Å². The Morgan fingerprint density at radius 1 is 1.27 bits per heavy atom. The first kappa shape index (κ1) is 29.0. The second kappa shape index (κ2) is 10.6. The number of hydrogen-bond acceptors (Lipinski definition) is 7. The zero-order valence-electron chi connectivity index (χ0n) is 25.1. The number of amides is 1. The topological polar surface area (TPSA) is 103 Å². The zero-order chi connectivity index (χ0) is 29.2. The van der Waals surface area contributed by atoms with E-state index in [1.54, 1.807) is 13.3 Å². The molecule has 3 saturated carbocycles. The lowest BCUT2D eigenvalue weighted by Crippen LogP contribution is -2.65. The lowest BCUT2D eigenvalue weighted by molar-refractivity contribution is -0.199. The quantitative estimate of drug-likeness (QED) is 0.426. The molecule has 0 radical (unpaired) electrons. The van der Waals surface area contributed by atoms with Gasteiger partial charge in [-0.25, -0.2) is 17.7 Å². The molecule has 5 fully saturated rings. The number of carbonyl (C=O) groups excluding carboxylic acids is 1. The molecule has 1 aromatic carbocycles. The van der Waals surface area contributed by atoms with Crippen LogP contribution in [0.5, 0.6) is 0 Å². The highest BCUT2D eigenvalue weighted by Crippen LogP contribution is 2.65. The summed E-state index contributed by atoms with van der Waals surface area (Å²) < 4.78 is 44.7. The summed E-state index contributed by atoms with van der Waals surface area (Å²) in [6.07, 6.45) is 5.53. The van der Waals surface area contributed by atoms with Crippen molar-refractivity contribution in [2.45, 2.75) is 95.7 Å². The Balaban J connectivity index is 1.19. The van der Waals surface area contributed by atoms with Gasteiger partial charge < -0.3 is 23.8 Å². The van der Waals surface area contributed by atoms with Gasteiger partial charge in [0, 0.05) is 19.0 Å². The summed E-state index contributed by atoms with van der Waals surface area (Å²) in [4.78, 5) is 13.3. The van der Waals surface area contributed by atoms with E-state index in [2.05, 4.69) is 30.5 Å². The fourth-order valence-electron chi connectivity index (χ4n) is 7.99. The molecule has 3 heterocycles. The Bertz CT molecular complexity index is 1420. The maximum absolute atomic E-state index is 13.5. The first-order valence-electron chi connectivity index (χ1n) is 15.1. The number of nitrogens with one attached hydrogen (secondary N) is 1. The van der Waals surface area contributed by atoms with Crippen molar-refractivity contribution in [2.24, 2.45) is 21.6 Å². The molecule has 3 aliphatic carbocycles. The van der Waals surface area contributed by atoms with Gasteiger partial charge >= 0.3 is 13.2 Å². The molecule has 2 saturated heterocycles. The van der Waals surface area contributed by atoms with Crippen molar-refractivity contribution in [1.82, 2.24) is 9.62 Å². The van der Waals surface area contributed by atoms with Gasteiger partial charge in [0.15, 0.2) is 0 Å². The molecule has 7 atom stereocenters. The van der Waals surface area contributed by atoms with Crippen molar-refractivity contribution in [3.05, 3.63) is 36.1 Å². The summed E-state index contributed by atoms with van der Waals surface area (Å²) in [7, 11) is -1.54. The Hall–Kier alpha value is -2.08. The van der Waals surface area contributed by atoms with E-state index in [9.17, 15) is 9.00 Å². The molecule has 7 rings (SSSR count). The molecule has 224 valence electrons. The van der Waals surface area contributed by atoms with Gasteiger partial charge in [0.2, 0.25) is 0 Å². The number of nitrogens with zero attached hydrogens (tertiary/aromatic N) is 2. The van der Waals surface area contributed by atoms with Crippen molar-refractivity contribution in [2.75, 3.05) is 20.2 Å². The van der Waals surface area contributed by atoms with E-state index < -0.39 is 34.7 Å². The zero-order valence-corrected chi connectivity index (χ0v) is 25.9. The van der Waals surface area contributed by atoms with Gasteiger partial charge in [-0.2, -0.15) is 0 Å². The number of hydrogen-bond donors (Lipinski definition) is 1. The van der Waals surface area contributed by atoms with E-state index in [4.69, 9.17) is 18.5 Å². The van der Waals surface area contributed by atoms with Crippen LogP contribution in [0, 0.1) is 17.3 Å². The number of carbonyl (C=O) groups is 1. The molecule has 2 aromatic rings. The first-order valence-corrected chi connectivity index (χ1v) is 16.6. The molecular formula is C30H44BN3O6S. The highest BCUT2D eigenvalue weighted by Gasteiger charge is 2.68. The lowest BCUT2D eigenvalue weighted by Gasteiger charge is -2.64. The third kappa shape index (κ3) is 4.81. The average molecular weight is 586 g/mol. The predicted molar refractivity (Wildman–Crippen MR) is 160 cm³/mol. The minimum Gasteiger partial charge on any atom is -0.464 e. The van der Waals surface area contributed by atoms with Crippen LogP contribution in [0.25, 0.3) is 11.0 Å². The monoisotopic (exact) mass is 585 g/mol. The van der Waals surface area contributed by atoms with E-state index >= 15 is 0 Å². The Kier molecular flexibility index (Phi) is 7.48. The molecular weight excluding hydrogens is 541 g/mol. The minimum absolute atomic E-state index is 0.000263. The Labute approximate surface area is 244 Å². The fourth-order valence-corrected chi connectivity index (χ4v) is 10.1. The van der Waals surface area contributed by atoms with Crippen LogP contribution in [-0.4, -0.2) is 70.9 Å². The largest absolute Gasteiger partial charge is 0.482 e. The van der Waals surface area contributed by atoms with Gasteiger partial charge in [-0.1, -0.05) is 32.0 Å². The summed E-state index contributed by atoms with van der Waals surface area (Å²) in [5.74, 6) is 0.572. The molecule has 11 heteroatoms. The Morgan fingerprint density at radius 3 is 2.78 bits per heavy atom. The minimum atomic E-state index is -2.54. The van der Waals surface area contributed by atoms with Crippen LogP contribution in [0.3, 0.4) is 0 Å². The third-order valence-electron chi connectivity index (χ3n) is 10.5. The highest BCUT2D eigenvalue weighted by atomic mass is 32.2. The average Bonchev–Trinajstić information content (AvgIpc) is 3.67. The smallest absolute Gasteiger partial charge is 0.464 e. The van der Waals surface area contributed by atoms with E-state index in [1.807, 2.05) is 42.4 Å². The number of furan rings is 1. The maximum Gasteiger partial charge on any atom is 0.482 e. The Morgan fingerprint density at radius 2 is 2.05 bits per heavy atom. The second-order valence-corrected chi connectivity index (χ2v) is 16.2. The molecule has 1 aromatic heterocycles. The third-order valence-corrected chi connectivity index (χ3v) is 13.4. The number of benzene rings is 1. The number of ether oxygens (including phenoxy) is 1. The summed E-state index contributed by atoms with van der Waals surface area (Å²) in [5, 5.41) is 3.97. The molecule has 2 aliphatic heterocycles. The summed E-state index contributed by atoms with van der Waals surface area (Å²) in [6, 6.07) is 7.76. The molecule has 2 bridgehead atoms. The van der Waals surface area contributed by atoms with Crippen LogP contribution in [0.4, 0.5) is 4.79 Å². The molecule has 0 spiro atoms. The standard InChI is InChI=1S/C30H44BN3O6S/c1-19(2)41(36,32-6)34-13-9-10-22(34)18-38-28(35)33-27(14-20-17-37-24-12-8-7-11-23(20)24)31-39-26-16-21-15-25(29(21,3)4)30(26,5)40-31/h7-8,11-12,17,19,21-22,25-27H,9-10,13-16,18H2,1-6H3,(H,33,35)/t21-,22+,25-,26+,27-,30-,41?/m0/s1. The number of alkyl carbamates (subject to hydrolysis) is 1. The fraction of sp³-hybridized carbons (Fsp3) is 0.700. The second-order valence-electron chi connectivity index (χ2n) is 13.4. The van der Waals surface area contributed by atoms with E-state index in [0.29, 0.717) is 24.8 Å². The molecule has 5 aliphatic rings. The van der Waals surface area contributed by atoms with Crippen LogP contribution >= 0.6 is 0 Å². The SMILES string of the molecule is CN=S(=O)(C(C)C)N1CCC[C@@H]1COC(=O)N[C@@H](Cc1coc2ccccc12)B1O[C@@H]2C[C@@H]3C[C@@H](C3(C)C)[C@]2(C)O1. The van der Waals surface area contributed by atoms with Crippen molar-refractivity contribution >= 4 is 34.1 Å². The van der Waals surface area contributed by atoms with Crippen LogP contribution < -0.4 is 5.32 Å². The molecule has 9 nitrogen and oxygen atoms in total. The first-order chi connectivity index (χ1) is 19.5. The van der Waals surface area contributed by atoms with Gasteiger partial charge in [-0.05, 0) is 81.8 Å². The maximum atomic E-state index is 13.5. The van der Waals surface area contributed by atoms with Crippen LogP contribution in [0.2, 0.25) is 0 Å². The number of fused-ring (bicyclic) bond motifs is 1. The molecule has 1 amide bonds. The van der Waals surface area contributed by atoms with Crippen LogP contribution in [0.1, 0.15) is 65.9 Å². The highest BCUT2D eigenvalue weighted by molar-refractivity contribution is 7.91. The van der Waals surface area contributed by atoms with Gasteiger partial charge in [0.1, 0.15) is 22.1 Å². The number of rotatable bonds is 8. The van der Waals surface area contributed by atoms with E-state index in [1.165, 1.54) is 0 Å². The summed E-state index contributed by atoms with van der Waals surface area (Å²) >= 11 is 0. The number of para-hydroxylation sites is 1. The summed E-state index contributed by atoms with van der Waals surface area (Å²) in [5.41, 5.74) is 1.61. The van der Waals surface area contributed by atoms with E-state index in [0.717, 1.165) is 42.2 Å². The molecule has 1 N–H and O–H groups in total. The van der Waals surface area contributed by atoms with Gasteiger partial charge in [0.05, 0.1) is 35.2 Å².